The molecule has 13 nitrogen and oxygen atoms in total. The second kappa shape index (κ2) is 27.2. The van der Waals surface area contributed by atoms with Crippen molar-refractivity contribution in [3.05, 3.63) is 24.3 Å². The number of nitrogens with one attached hydrogen (secondary N) is 1. The summed E-state index contributed by atoms with van der Waals surface area (Å²) >= 11 is 0. The van der Waals surface area contributed by atoms with Crippen molar-refractivity contribution in [3.8, 4) is 0 Å². The Morgan fingerprint density at radius 2 is 1.35 bits per heavy atom. The molecule has 1 amide bonds. The summed E-state index contributed by atoms with van der Waals surface area (Å²) in [4.78, 5) is 12.9. The normalized spacial score (nSPS) is 23.6. The lowest BCUT2D eigenvalue weighted by Crippen LogP contribution is -2.61. The van der Waals surface area contributed by atoms with Gasteiger partial charge in [0, 0.05) is 0 Å². The molecule has 1 rings (SSSR count). The van der Waals surface area contributed by atoms with Gasteiger partial charge in [-0.05, 0) is 44.9 Å². The van der Waals surface area contributed by atoms with Crippen molar-refractivity contribution in [1.82, 2.24) is 5.32 Å². The molecular formula is C35H65NO12S. The first-order valence-electron chi connectivity index (χ1n) is 18.3. The van der Waals surface area contributed by atoms with Gasteiger partial charge in [0.15, 0.2) is 6.29 Å². The van der Waals surface area contributed by atoms with Gasteiger partial charge in [-0.15, -0.1) is 0 Å². The fraction of sp³-hybridized carbons (Fsp3) is 0.857. The molecule has 1 aliphatic heterocycles. The van der Waals surface area contributed by atoms with Gasteiger partial charge in [-0.3, -0.25) is 9.35 Å². The van der Waals surface area contributed by atoms with Crippen LogP contribution in [0.4, 0.5) is 0 Å². The summed E-state index contributed by atoms with van der Waals surface area (Å²) in [6.45, 7) is 3.08. The Morgan fingerprint density at radius 1 is 0.816 bits per heavy atom. The fourth-order valence-electron chi connectivity index (χ4n) is 5.57. The minimum Gasteiger partial charge on any atom is -0.394 e. The van der Waals surface area contributed by atoms with Crippen LogP contribution in [-0.4, -0.2) is 107 Å². The Hall–Kier alpha value is -1.46. The fourth-order valence-corrected chi connectivity index (χ4v) is 6.08. The lowest BCUT2D eigenvalue weighted by Gasteiger charge is -2.41. The maximum atomic E-state index is 12.9. The summed E-state index contributed by atoms with van der Waals surface area (Å²) in [5.74, 6) is -0.718. The number of ether oxygens (including phenoxy) is 2. The number of rotatable bonds is 29. The largest absolute Gasteiger partial charge is 0.397 e. The number of aliphatic hydroxyl groups is 5. The third kappa shape index (κ3) is 20.9. The Bertz CT molecular complexity index is 1010. The average molecular weight is 724 g/mol. The maximum Gasteiger partial charge on any atom is 0.397 e. The molecule has 1 saturated heterocycles. The Balaban J connectivity index is 2.76. The van der Waals surface area contributed by atoms with Gasteiger partial charge in [0.05, 0.1) is 25.4 Å². The first-order valence-corrected chi connectivity index (χ1v) is 19.7. The Morgan fingerprint density at radius 3 is 1.94 bits per heavy atom. The van der Waals surface area contributed by atoms with Gasteiger partial charge < -0.3 is 40.3 Å². The number of hydrogen-bond acceptors (Lipinski definition) is 11. The molecule has 1 fully saturated rings. The summed E-state index contributed by atoms with van der Waals surface area (Å²) < 4.78 is 47.1. The highest BCUT2D eigenvalue weighted by atomic mass is 32.3. The summed E-state index contributed by atoms with van der Waals surface area (Å²) in [7, 11) is -5.11. The van der Waals surface area contributed by atoms with E-state index in [4.69, 9.17) is 14.0 Å². The molecule has 0 aliphatic carbocycles. The highest BCUT2D eigenvalue weighted by Gasteiger charge is 2.48. The average Bonchev–Trinajstić information content (AvgIpc) is 3.06. The number of carbonyl (C=O) groups is 1. The molecule has 49 heavy (non-hydrogen) atoms. The van der Waals surface area contributed by atoms with Gasteiger partial charge in [0.2, 0.25) is 5.91 Å². The third-order valence-electron chi connectivity index (χ3n) is 8.58. The van der Waals surface area contributed by atoms with E-state index in [1.54, 1.807) is 6.08 Å². The lowest BCUT2D eigenvalue weighted by molar-refractivity contribution is -0.298. The van der Waals surface area contributed by atoms with E-state index >= 15 is 0 Å². The summed E-state index contributed by atoms with van der Waals surface area (Å²) in [6.07, 6.45) is 14.5. The third-order valence-corrected chi connectivity index (χ3v) is 9.05. The number of carbonyl (C=O) groups excluding carboxylic acids is 1. The van der Waals surface area contributed by atoms with Crippen molar-refractivity contribution in [2.75, 3.05) is 13.2 Å². The van der Waals surface area contributed by atoms with Crippen molar-refractivity contribution < 1.29 is 57.0 Å². The molecule has 0 aromatic carbocycles. The minimum atomic E-state index is -5.11. The van der Waals surface area contributed by atoms with Crippen molar-refractivity contribution in [2.45, 2.75) is 178 Å². The molecule has 0 spiro atoms. The zero-order valence-electron chi connectivity index (χ0n) is 29.6. The molecule has 288 valence electrons. The molecule has 1 aliphatic rings. The van der Waals surface area contributed by atoms with E-state index in [0.29, 0.717) is 12.8 Å². The SMILES string of the molecule is CCCCC/C=C\CCCCCCC(O)C(=O)NC(COC1OC(CO)C(O)C(OS(=O)(=O)O)C1O)C(O)/C=C/CCCCCCCCC. The van der Waals surface area contributed by atoms with Crippen LogP contribution in [0.15, 0.2) is 24.3 Å². The quantitative estimate of drug-likeness (QED) is 0.0332. The van der Waals surface area contributed by atoms with E-state index in [2.05, 4.69) is 35.5 Å². The summed E-state index contributed by atoms with van der Waals surface area (Å²) in [5, 5.41) is 54.6. The smallest absolute Gasteiger partial charge is 0.394 e. The summed E-state index contributed by atoms with van der Waals surface area (Å²) in [5.41, 5.74) is 0. The highest BCUT2D eigenvalue weighted by Crippen LogP contribution is 2.26. The molecule has 0 saturated carbocycles. The van der Waals surface area contributed by atoms with Crippen LogP contribution in [0.1, 0.15) is 129 Å². The molecule has 0 aromatic rings. The van der Waals surface area contributed by atoms with Crippen molar-refractivity contribution in [3.63, 3.8) is 0 Å². The van der Waals surface area contributed by atoms with Crippen LogP contribution in [0.25, 0.3) is 0 Å². The van der Waals surface area contributed by atoms with Crippen LogP contribution in [0.3, 0.4) is 0 Å². The second-order valence-corrected chi connectivity index (χ2v) is 14.0. The molecular weight excluding hydrogens is 658 g/mol. The number of unbranched alkanes of at least 4 members (excludes halogenated alkanes) is 14. The second-order valence-electron chi connectivity index (χ2n) is 12.9. The van der Waals surface area contributed by atoms with Crippen LogP contribution in [0, 0.1) is 0 Å². The first kappa shape index (κ1) is 45.6. The van der Waals surface area contributed by atoms with Gasteiger partial charge in [-0.25, -0.2) is 4.18 Å². The van der Waals surface area contributed by atoms with Crippen LogP contribution >= 0.6 is 0 Å². The highest BCUT2D eigenvalue weighted by molar-refractivity contribution is 7.80. The van der Waals surface area contributed by atoms with Crippen molar-refractivity contribution >= 4 is 16.3 Å². The minimum absolute atomic E-state index is 0.228. The van der Waals surface area contributed by atoms with Gasteiger partial charge in [0.25, 0.3) is 0 Å². The van der Waals surface area contributed by atoms with E-state index < -0.39 is 78.5 Å². The van der Waals surface area contributed by atoms with Crippen LogP contribution in [0.2, 0.25) is 0 Å². The predicted octanol–water partition coefficient (Wildman–Crippen LogP) is 4.01. The van der Waals surface area contributed by atoms with Gasteiger partial charge in [-0.2, -0.15) is 8.42 Å². The van der Waals surface area contributed by atoms with Crippen LogP contribution in [0.5, 0.6) is 0 Å². The molecule has 0 radical (unpaired) electrons. The number of amides is 1. The Kier molecular flexibility index (Phi) is 25.3. The summed E-state index contributed by atoms with van der Waals surface area (Å²) in [6, 6.07) is -1.12. The van der Waals surface area contributed by atoms with Gasteiger partial charge >= 0.3 is 10.4 Å². The van der Waals surface area contributed by atoms with Gasteiger partial charge in [-0.1, -0.05) is 109 Å². The molecule has 7 N–H and O–H groups in total. The van der Waals surface area contributed by atoms with E-state index in [9.17, 15) is 38.7 Å². The topological polar surface area (TPSA) is 212 Å². The molecule has 0 aromatic heterocycles. The maximum absolute atomic E-state index is 12.9. The van der Waals surface area contributed by atoms with E-state index in [1.165, 1.54) is 51.0 Å². The number of aliphatic hydroxyl groups excluding tert-OH is 5. The van der Waals surface area contributed by atoms with Crippen molar-refractivity contribution in [2.24, 2.45) is 0 Å². The first-order chi connectivity index (χ1) is 23.4. The van der Waals surface area contributed by atoms with Crippen LogP contribution < -0.4 is 5.32 Å². The molecule has 14 heteroatoms. The standard InChI is InChI=1S/C35H65NO12S/c1-3-5-7-9-11-13-14-16-18-20-22-24-29(39)34(42)36-27(28(38)23-21-19-17-15-12-10-8-6-4-2)26-46-35-32(41)33(48-49(43,44)45)31(40)30(25-37)47-35/h11,13,21,23,27-33,35,37-41H,3-10,12,14-20,22,24-26H2,1-2H3,(H,36,42)(H,43,44,45)/b13-11-,23-21+. The monoisotopic (exact) mass is 723 g/mol. The predicted molar refractivity (Wildman–Crippen MR) is 187 cm³/mol. The van der Waals surface area contributed by atoms with Crippen LogP contribution in [-0.2, 0) is 28.9 Å². The van der Waals surface area contributed by atoms with E-state index in [0.717, 1.165) is 51.4 Å². The van der Waals surface area contributed by atoms with Crippen molar-refractivity contribution in [1.29, 1.82) is 0 Å². The van der Waals surface area contributed by atoms with E-state index in [1.807, 2.05) is 0 Å². The van der Waals surface area contributed by atoms with E-state index in [-0.39, 0.29) is 6.42 Å². The number of allylic oxidation sites excluding steroid dienone is 3. The lowest BCUT2D eigenvalue weighted by atomic mass is 9.99. The zero-order valence-corrected chi connectivity index (χ0v) is 30.4. The molecule has 8 unspecified atom stereocenters. The molecule has 8 atom stereocenters. The molecule has 1 heterocycles. The Labute approximate surface area is 294 Å². The van der Waals surface area contributed by atoms with Gasteiger partial charge in [0.1, 0.15) is 30.5 Å². The molecule has 0 bridgehead atoms. The zero-order chi connectivity index (χ0) is 36.5. The number of hydrogen-bond donors (Lipinski definition) is 7.